The Kier molecular flexibility index (Phi) is 9.52. The first-order chi connectivity index (χ1) is 14.8. The second-order valence-electron chi connectivity index (χ2n) is 7.33. The molecule has 0 aliphatic carbocycles. The van der Waals surface area contributed by atoms with E-state index in [0.717, 1.165) is 30.4 Å². The molecule has 0 heterocycles. The van der Waals surface area contributed by atoms with E-state index in [9.17, 15) is 13.2 Å². The van der Waals surface area contributed by atoms with Crippen LogP contribution in [-0.2, 0) is 22.8 Å². The highest BCUT2D eigenvalue weighted by atomic mass is 32.2. The highest BCUT2D eigenvalue weighted by Gasteiger charge is 2.07. The van der Waals surface area contributed by atoms with E-state index in [0.29, 0.717) is 36.1 Å². The van der Waals surface area contributed by atoms with E-state index >= 15 is 0 Å². The second kappa shape index (κ2) is 12.1. The van der Waals surface area contributed by atoms with Crippen molar-refractivity contribution in [3.8, 4) is 0 Å². The Morgan fingerprint density at radius 1 is 0.903 bits per heavy atom. The fourth-order valence-electron chi connectivity index (χ4n) is 2.89. The van der Waals surface area contributed by atoms with Crippen molar-refractivity contribution in [2.45, 2.75) is 37.6 Å². The largest absolute Gasteiger partial charge is 0.356 e. The molecule has 0 atom stereocenters. The standard InChI is InChI=1S/C23H32N4O3S/c1-4-5-15-25-22(28)20-10-6-19(7-11-20)17-27-23(24-2)26-16-14-18-8-12-21(13-9-18)31(3,29)30/h6-13H,4-5,14-17H2,1-3H3,(H,25,28)(H2,24,26,27). The molecule has 0 saturated heterocycles. The minimum Gasteiger partial charge on any atom is -0.356 e. The monoisotopic (exact) mass is 444 g/mol. The molecule has 2 aromatic rings. The lowest BCUT2D eigenvalue weighted by Gasteiger charge is -2.12. The van der Waals surface area contributed by atoms with Crippen LogP contribution in [0, 0.1) is 0 Å². The molecule has 0 saturated carbocycles. The molecule has 1 amide bonds. The van der Waals surface area contributed by atoms with E-state index in [1.165, 1.54) is 6.26 Å². The number of nitrogens with zero attached hydrogens (tertiary/aromatic N) is 1. The van der Waals surface area contributed by atoms with Crippen LogP contribution in [0.2, 0.25) is 0 Å². The molecule has 0 fully saturated rings. The van der Waals surface area contributed by atoms with Gasteiger partial charge in [0, 0.05) is 38.5 Å². The van der Waals surface area contributed by atoms with Gasteiger partial charge >= 0.3 is 0 Å². The summed E-state index contributed by atoms with van der Waals surface area (Å²) in [6.07, 6.45) is 3.98. The third kappa shape index (κ3) is 8.41. The van der Waals surface area contributed by atoms with E-state index in [4.69, 9.17) is 0 Å². The maximum atomic E-state index is 12.1. The Labute approximate surface area is 185 Å². The topological polar surface area (TPSA) is 99.7 Å². The van der Waals surface area contributed by atoms with Crippen molar-refractivity contribution in [1.82, 2.24) is 16.0 Å². The van der Waals surface area contributed by atoms with E-state index in [1.54, 1.807) is 19.2 Å². The lowest BCUT2D eigenvalue weighted by atomic mass is 10.1. The van der Waals surface area contributed by atoms with Gasteiger partial charge in [0.1, 0.15) is 0 Å². The number of unbranched alkanes of at least 4 members (excludes halogenated alkanes) is 1. The van der Waals surface area contributed by atoms with Gasteiger partial charge in [-0.3, -0.25) is 9.79 Å². The number of rotatable bonds is 10. The van der Waals surface area contributed by atoms with Crippen LogP contribution in [0.5, 0.6) is 0 Å². The van der Waals surface area contributed by atoms with Gasteiger partial charge < -0.3 is 16.0 Å². The number of guanidine groups is 1. The van der Waals surface area contributed by atoms with Gasteiger partial charge in [-0.2, -0.15) is 0 Å². The molecule has 3 N–H and O–H groups in total. The number of carbonyl (C=O) groups excluding carboxylic acids is 1. The molecular formula is C23H32N4O3S. The smallest absolute Gasteiger partial charge is 0.251 e. The number of sulfone groups is 1. The van der Waals surface area contributed by atoms with Gasteiger partial charge in [-0.1, -0.05) is 37.6 Å². The molecule has 2 aromatic carbocycles. The number of aliphatic imine (C=N–C) groups is 1. The van der Waals surface area contributed by atoms with Crippen molar-refractivity contribution in [2.75, 3.05) is 26.4 Å². The van der Waals surface area contributed by atoms with Crippen LogP contribution in [0.25, 0.3) is 0 Å². The first-order valence-electron chi connectivity index (χ1n) is 10.4. The fraction of sp³-hybridized carbons (Fsp3) is 0.391. The SMILES string of the molecule is CCCCNC(=O)c1ccc(CNC(=NC)NCCc2ccc(S(C)(=O)=O)cc2)cc1. The van der Waals surface area contributed by atoms with Gasteiger partial charge in [0.2, 0.25) is 0 Å². The van der Waals surface area contributed by atoms with Crippen LogP contribution in [0.1, 0.15) is 41.3 Å². The Morgan fingerprint density at radius 3 is 2.13 bits per heavy atom. The minimum absolute atomic E-state index is 0.0463. The normalized spacial score (nSPS) is 11.8. The Bertz CT molecular complexity index is 969. The van der Waals surface area contributed by atoms with Crippen molar-refractivity contribution in [2.24, 2.45) is 4.99 Å². The van der Waals surface area contributed by atoms with Gasteiger partial charge in [-0.05, 0) is 48.2 Å². The fourth-order valence-corrected chi connectivity index (χ4v) is 3.52. The molecule has 0 aliphatic rings. The summed E-state index contributed by atoms with van der Waals surface area (Å²) in [5.41, 5.74) is 2.75. The Morgan fingerprint density at radius 2 is 1.55 bits per heavy atom. The van der Waals surface area contributed by atoms with Gasteiger partial charge in [0.25, 0.3) is 5.91 Å². The first kappa shape index (κ1) is 24.4. The van der Waals surface area contributed by atoms with Crippen LogP contribution in [-0.4, -0.2) is 46.7 Å². The number of hydrogen-bond acceptors (Lipinski definition) is 4. The molecule has 0 unspecified atom stereocenters. The lowest BCUT2D eigenvalue weighted by Crippen LogP contribution is -2.37. The van der Waals surface area contributed by atoms with E-state index in [1.807, 2.05) is 36.4 Å². The molecule has 7 nitrogen and oxygen atoms in total. The van der Waals surface area contributed by atoms with Gasteiger partial charge in [-0.25, -0.2) is 8.42 Å². The van der Waals surface area contributed by atoms with Crippen LogP contribution < -0.4 is 16.0 Å². The summed E-state index contributed by atoms with van der Waals surface area (Å²) in [6.45, 7) is 4.03. The van der Waals surface area contributed by atoms with E-state index in [-0.39, 0.29) is 5.91 Å². The summed E-state index contributed by atoms with van der Waals surface area (Å²) in [5.74, 6) is 0.629. The molecule has 2 rings (SSSR count). The zero-order chi connectivity index (χ0) is 22.7. The first-order valence-corrected chi connectivity index (χ1v) is 12.3. The van der Waals surface area contributed by atoms with Crippen LogP contribution in [0.3, 0.4) is 0 Å². The van der Waals surface area contributed by atoms with Crippen LogP contribution in [0.4, 0.5) is 0 Å². The number of carbonyl (C=O) groups is 1. The lowest BCUT2D eigenvalue weighted by molar-refractivity contribution is 0.0953. The van der Waals surface area contributed by atoms with Crippen molar-refractivity contribution in [1.29, 1.82) is 0 Å². The summed E-state index contributed by atoms with van der Waals surface area (Å²) in [6, 6.07) is 14.4. The average molecular weight is 445 g/mol. The average Bonchev–Trinajstić information content (AvgIpc) is 2.76. The third-order valence-electron chi connectivity index (χ3n) is 4.77. The van der Waals surface area contributed by atoms with Crippen LogP contribution >= 0.6 is 0 Å². The number of nitrogens with one attached hydrogen (secondary N) is 3. The number of benzene rings is 2. The Hall–Kier alpha value is -2.87. The highest BCUT2D eigenvalue weighted by Crippen LogP contribution is 2.10. The molecule has 31 heavy (non-hydrogen) atoms. The van der Waals surface area contributed by atoms with Crippen molar-refractivity contribution < 1.29 is 13.2 Å². The summed E-state index contributed by atoms with van der Waals surface area (Å²) in [7, 11) is -1.46. The van der Waals surface area contributed by atoms with E-state index < -0.39 is 9.84 Å². The summed E-state index contributed by atoms with van der Waals surface area (Å²) in [4.78, 5) is 16.6. The molecule has 168 valence electrons. The quantitative estimate of drug-likeness (QED) is 0.297. The summed E-state index contributed by atoms with van der Waals surface area (Å²) < 4.78 is 23.0. The van der Waals surface area contributed by atoms with Gasteiger partial charge in [0.05, 0.1) is 4.90 Å². The summed E-state index contributed by atoms with van der Waals surface area (Å²) in [5, 5.41) is 9.41. The Balaban J connectivity index is 1.77. The van der Waals surface area contributed by atoms with Gasteiger partial charge in [0.15, 0.2) is 15.8 Å². The molecule has 0 spiro atoms. The molecule has 0 aliphatic heterocycles. The number of amides is 1. The maximum Gasteiger partial charge on any atom is 0.251 e. The van der Waals surface area contributed by atoms with Gasteiger partial charge in [-0.15, -0.1) is 0 Å². The van der Waals surface area contributed by atoms with E-state index in [2.05, 4.69) is 27.9 Å². The zero-order valence-electron chi connectivity index (χ0n) is 18.4. The highest BCUT2D eigenvalue weighted by molar-refractivity contribution is 7.90. The summed E-state index contributed by atoms with van der Waals surface area (Å²) >= 11 is 0. The van der Waals surface area contributed by atoms with Crippen molar-refractivity contribution in [3.05, 3.63) is 65.2 Å². The van der Waals surface area contributed by atoms with Crippen molar-refractivity contribution in [3.63, 3.8) is 0 Å². The predicted octanol–water partition coefficient (Wildman–Crippen LogP) is 2.53. The molecular weight excluding hydrogens is 412 g/mol. The molecule has 0 aromatic heterocycles. The van der Waals surface area contributed by atoms with Crippen LogP contribution in [0.15, 0.2) is 58.4 Å². The molecule has 8 heteroatoms. The minimum atomic E-state index is -3.17. The maximum absolute atomic E-state index is 12.1. The second-order valence-corrected chi connectivity index (χ2v) is 9.34. The molecule has 0 bridgehead atoms. The number of hydrogen-bond donors (Lipinski definition) is 3. The zero-order valence-corrected chi connectivity index (χ0v) is 19.3. The molecule has 0 radical (unpaired) electrons. The predicted molar refractivity (Wildman–Crippen MR) is 125 cm³/mol. The van der Waals surface area contributed by atoms with Crippen molar-refractivity contribution >= 4 is 21.7 Å². The third-order valence-corrected chi connectivity index (χ3v) is 5.90.